The van der Waals surface area contributed by atoms with Gasteiger partial charge in [-0.2, -0.15) is 5.10 Å². The van der Waals surface area contributed by atoms with E-state index in [0.29, 0.717) is 64.4 Å². The van der Waals surface area contributed by atoms with Gasteiger partial charge in [0.15, 0.2) is 11.9 Å². The van der Waals surface area contributed by atoms with Crippen LogP contribution in [0.15, 0.2) is 65.9 Å². The molecule has 0 radical (unpaired) electrons. The average Bonchev–Trinajstić information content (AvgIpc) is 3.86. The maximum absolute atomic E-state index is 12.3. The molecular formula is C45H60FN11O5. The molecule has 1 aliphatic carbocycles. The Labute approximate surface area is 362 Å². The van der Waals surface area contributed by atoms with Gasteiger partial charge in [0.05, 0.1) is 34.6 Å². The molecule has 1 unspecified atom stereocenters. The summed E-state index contributed by atoms with van der Waals surface area (Å²) >= 11 is 0. The second-order valence-corrected chi connectivity index (χ2v) is 15.1. The number of aryl methyl sites for hydroxylation is 1. The number of fused-ring (bicyclic) bond motifs is 1. The number of imidazole rings is 1. The summed E-state index contributed by atoms with van der Waals surface area (Å²) in [6.45, 7) is 1.09. The van der Waals surface area contributed by atoms with Crippen LogP contribution >= 0.6 is 0 Å². The lowest BCUT2D eigenvalue weighted by molar-refractivity contribution is -0.134. The number of aromatic nitrogens is 3. The molecule has 1 saturated carbocycles. The monoisotopic (exact) mass is 853 g/mol. The Balaban J connectivity index is 0.000000241. The second kappa shape index (κ2) is 24.8. The van der Waals surface area contributed by atoms with Gasteiger partial charge >= 0.3 is 0 Å². The number of hydrogen-bond acceptors (Lipinski definition) is 13. The molecule has 3 heterocycles. The minimum absolute atomic E-state index is 0.185. The number of allylic oxidation sites excluding steroid dienone is 1. The largest absolute Gasteiger partial charge is 0.404 e. The van der Waals surface area contributed by atoms with E-state index in [1.165, 1.54) is 59.5 Å². The van der Waals surface area contributed by atoms with E-state index >= 15 is 0 Å². The zero-order valence-electron chi connectivity index (χ0n) is 36.3. The van der Waals surface area contributed by atoms with Crippen LogP contribution in [0.3, 0.4) is 0 Å². The van der Waals surface area contributed by atoms with Crippen molar-refractivity contribution in [2.24, 2.45) is 10.7 Å². The van der Waals surface area contributed by atoms with Crippen molar-refractivity contribution in [1.82, 2.24) is 30.5 Å². The first-order valence-electron chi connectivity index (χ1n) is 20.9. The lowest BCUT2D eigenvalue weighted by atomic mass is 10.0. The van der Waals surface area contributed by atoms with E-state index in [1.54, 1.807) is 50.6 Å². The number of aldehydes is 2. The molecular weight excluding hydrogens is 794 g/mol. The summed E-state index contributed by atoms with van der Waals surface area (Å²) in [7, 11) is 9.39. The van der Waals surface area contributed by atoms with Crippen molar-refractivity contribution in [3.05, 3.63) is 83.4 Å². The third-order valence-corrected chi connectivity index (χ3v) is 10.4. The van der Waals surface area contributed by atoms with Crippen molar-refractivity contribution in [2.75, 3.05) is 56.9 Å². The number of anilines is 3. The minimum Gasteiger partial charge on any atom is -0.404 e. The van der Waals surface area contributed by atoms with Crippen LogP contribution in [-0.2, 0) is 20.8 Å². The van der Waals surface area contributed by atoms with Gasteiger partial charge < -0.3 is 31.5 Å². The fourth-order valence-electron chi connectivity index (χ4n) is 6.76. The van der Waals surface area contributed by atoms with Gasteiger partial charge in [-0.15, -0.1) is 0 Å². The van der Waals surface area contributed by atoms with Crippen LogP contribution in [0, 0.1) is 0 Å². The van der Waals surface area contributed by atoms with Crippen LogP contribution < -0.4 is 36.8 Å². The topological polar surface area (TPSA) is 209 Å². The van der Waals surface area contributed by atoms with Gasteiger partial charge in [-0.25, -0.2) is 13.9 Å². The average molecular weight is 854 g/mol. The van der Waals surface area contributed by atoms with E-state index in [2.05, 4.69) is 42.4 Å². The Bertz CT molecular complexity index is 2190. The fourth-order valence-corrected chi connectivity index (χ4v) is 6.76. The van der Waals surface area contributed by atoms with Gasteiger partial charge in [-0.3, -0.25) is 34.3 Å². The molecule has 2 aromatic carbocycles. The van der Waals surface area contributed by atoms with Crippen LogP contribution in [-0.4, -0.2) is 112 Å². The van der Waals surface area contributed by atoms with Crippen molar-refractivity contribution >= 4 is 71.0 Å². The first-order valence-corrected chi connectivity index (χ1v) is 20.9. The molecule has 332 valence electrons. The first-order chi connectivity index (χ1) is 30.0. The standard InChI is InChI=1S/C23H36N4O3.C18H16N6O2.C4H8FN/c1-24-15-9-7-5-4-6-8-10-18-11-12-19(21(16-18)26(2)3)27(17-28)20-13-14-22(29)25-23(20)30;1-20-17-6-16(23-24-15(11-26)9-22-18(17)24)13(7-19)8-21-14-4-2-3-12(5-14)10-25;1-6-4-2-3(4)5/h11-12,16-17,20,24H,4-10,13-15H2,1-3H3,(H,25,29,30);2-11,20H,19H2,1H3;3-4,6H,2H2,1H3/b;13-7+,21-8?;/t;;3-,4+/m..0/s1. The molecule has 3 atom stereocenters. The van der Waals surface area contributed by atoms with E-state index in [1.807, 2.05) is 38.2 Å². The van der Waals surface area contributed by atoms with E-state index < -0.39 is 18.1 Å². The molecule has 1 aliphatic heterocycles. The highest BCUT2D eigenvalue weighted by molar-refractivity contribution is 6.10. The lowest BCUT2D eigenvalue weighted by Gasteiger charge is -2.32. The molecule has 4 aromatic rings. The third-order valence-electron chi connectivity index (χ3n) is 10.4. The zero-order valence-corrected chi connectivity index (χ0v) is 36.3. The number of nitrogens with one attached hydrogen (secondary N) is 4. The predicted octanol–water partition coefficient (Wildman–Crippen LogP) is 5.04. The molecule has 62 heavy (non-hydrogen) atoms. The Morgan fingerprint density at radius 2 is 1.73 bits per heavy atom. The Morgan fingerprint density at radius 3 is 2.32 bits per heavy atom. The number of amides is 3. The number of unbranched alkanes of at least 4 members (excludes halogenated alkanes) is 5. The number of nitrogens with two attached hydrogens (primary N) is 1. The number of carbonyl (C=O) groups is 5. The van der Waals surface area contributed by atoms with Crippen LogP contribution in [0.1, 0.15) is 89.9 Å². The van der Waals surface area contributed by atoms with E-state index in [0.717, 1.165) is 37.8 Å². The minimum atomic E-state index is -0.660. The molecule has 2 fully saturated rings. The van der Waals surface area contributed by atoms with Crippen LogP contribution in [0.4, 0.5) is 27.1 Å². The quantitative estimate of drug-likeness (QED) is 0.0343. The van der Waals surface area contributed by atoms with Crippen molar-refractivity contribution < 1.29 is 28.4 Å². The van der Waals surface area contributed by atoms with Crippen molar-refractivity contribution in [3.8, 4) is 0 Å². The first kappa shape index (κ1) is 48.3. The molecule has 0 bridgehead atoms. The van der Waals surface area contributed by atoms with Crippen LogP contribution in [0.25, 0.3) is 11.2 Å². The molecule has 17 heteroatoms. The maximum Gasteiger partial charge on any atom is 0.249 e. The van der Waals surface area contributed by atoms with Gasteiger partial charge in [0.2, 0.25) is 18.2 Å². The SMILES string of the molecule is CNCCCCCCCCc1ccc(N(C=O)C2CCC(=O)NC2=O)c(N(C)C)c1.CN[C@@H]1C[C@@H]1F.CNc1cc(/C(C=Nc2cccc(C=O)c2)=C/N)nn2c(C=O)cnc12. The fraction of sp³-hybridized carbons (Fsp3) is 0.422. The molecule has 3 amide bonds. The highest BCUT2D eigenvalue weighted by atomic mass is 19.1. The molecule has 0 spiro atoms. The second-order valence-electron chi connectivity index (χ2n) is 15.1. The van der Waals surface area contributed by atoms with Gasteiger partial charge in [-0.05, 0) is 88.6 Å². The number of carbonyl (C=O) groups excluding carboxylic acids is 5. The number of halogens is 1. The lowest BCUT2D eigenvalue weighted by Crippen LogP contribution is -2.52. The molecule has 2 aliphatic rings. The molecule has 6 N–H and O–H groups in total. The Hall–Kier alpha value is -6.33. The van der Waals surface area contributed by atoms with Gasteiger partial charge in [-0.1, -0.05) is 43.9 Å². The molecule has 6 rings (SSSR count). The number of rotatable bonds is 20. The number of hydrogen-bond donors (Lipinski definition) is 5. The summed E-state index contributed by atoms with van der Waals surface area (Å²) in [5.41, 5.74) is 12.3. The van der Waals surface area contributed by atoms with Gasteiger partial charge in [0.1, 0.15) is 24.2 Å². The summed E-state index contributed by atoms with van der Waals surface area (Å²) in [5.74, 6) is -0.700. The maximum atomic E-state index is 12.3. The number of nitrogens with zero attached hydrogens (tertiary/aromatic N) is 6. The summed E-state index contributed by atoms with van der Waals surface area (Å²) in [5, 5.41) is 15.8. The summed E-state index contributed by atoms with van der Waals surface area (Å²) < 4.78 is 13.2. The predicted molar refractivity (Wildman–Crippen MR) is 243 cm³/mol. The Kier molecular flexibility index (Phi) is 19.3. The number of alkyl halides is 1. The number of imide groups is 1. The highest BCUT2D eigenvalue weighted by Gasteiger charge is 2.35. The van der Waals surface area contributed by atoms with Gasteiger partial charge in [0, 0.05) is 57.2 Å². The highest BCUT2D eigenvalue weighted by Crippen LogP contribution is 2.32. The van der Waals surface area contributed by atoms with Crippen molar-refractivity contribution in [3.63, 3.8) is 0 Å². The number of benzene rings is 2. The summed E-state index contributed by atoms with van der Waals surface area (Å²) in [4.78, 5) is 69.6. The Morgan fingerprint density at radius 1 is 0.984 bits per heavy atom. The smallest absolute Gasteiger partial charge is 0.249 e. The summed E-state index contributed by atoms with van der Waals surface area (Å²) in [6.07, 6.45) is 15.7. The van der Waals surface area contributed by atoms with E-state index in [9.17, 15) is 28.4 Å². The molecule has 16 nitrogen and oxygen atoms in total. The molecule has 2 aromatic heterocycles. The number of aliphatic imine (C=N–C) groups is 1. The summed E-state index contributed by atoms with van der Waals surface area (Å²) in [6, 6.07) is 14.2. The number of piperidine rings is 1. The third kappa shape index (κ3) is 13.9. The van der Waals surface area contributed by atoms with Crippen LogP contribution in [0.2, 0.25) is 0 Å². The van der Waals surface area contributed by atoms with Gasteiger partial charge in [0.25, 0.3) is 0 Å². The van der Waals surface area contributed by atoms with E-state index in [4.69, 9.17) is 5.73 Å². The zero-order chi connectivity index (χ0) is 45.0. The van der Waals surface area contributed by atoms with Crippen molar-refractivity contribution in [2.45, 2.75) is 82.5 Å². The van der Waals surface area contributed by atoms with Crippen LogP contribution in [0.5, 0.6) is 0 Å². The van der Waals surface area contributed by atoms with E-state index in [-0.39, 0.29) is 18.4 Å². The normalized spacial score (nSPS) is 17.0. The molecule has 1 saturated heterocycles. The van der Waals surface area contributed by atoms with Crippen molar-refractivity contribution in [1.29, 1.82) is 0 Å².